The minimum Gasteiger partial charge on any atom is -0.423 e. The van der Waals surface area contributed by atoms with Gasteiger partial charge in [-0.05, 0) is 102 Å². The normalized spacial score (nSPS) is 11.6. The lowest BCUT2D eigenvalue weighted by atomic mass is 9.77. The molecule has 0 aliphatic carbocycles. The van der Waals surface area contributed by atoms with Crippen molar-refractivity contribution in [2.24, 2.45) is 0 Å². The van der Waals surface area contributed by atoms with E-state index < -0.39 is 93.3 Å². The third-order valence-electron chi connectivity index (χ3n) is 10.6. The van der Waals surface area contributed by atoms with Gasteiger partial charge in [0.1, 0.15) is 30.0 Å². The van der Waals surface area contributed by atoms with Gasteiger partial charge in [-0.15, -0.1) is 0 Å². The average Bonchev–Trinajstić information content (AvgIpc) is 3.32. The van der Waals surface area contributed by atoms with E-state index in [-0.39, 0.29) is 113 Å². The highest BCUT2D eigenvalue weighted by Crippen LogP contribution is 2.15. The van der Waals surface area contributed by atoms with E-state index in [1.54, 1.807) is 0 Å². The van der Waals surface area contributed by atoms with Crippen LogP contribution in [0.2, 0.25) is 0 Å². The van der Waals surface area contributed by atoms with Gasteiger partial charge >= 0.3 is 28.5 Å². The highest BCUT2D eigenvalue weighted by Gasteiger charge is 2.28. The fraction of sp³-hybridized carbons (Fsp3) is 0.273. The summed E-state index contributed by atoms with van der Waals surface area (Å²) in [7, 11) is -8.48. The van der Waals surface area contributed by atoms with Crippen molar-refractivity contribution in [2.75, 3.05) is 19.6 Å². The molecule has 2 unspecified atom stereocenters. The van der Waals surface area contributed by atoms with Gasteiger partial charge in [0.2, 0.25) is 17.7 Å². The zero-order valence-corrected chi connectivity index (χ0v) is 37.9. The van der Waals surface area contributed by atoms with E-state index >= 15 is 0 Å². The summed E-state index contributed by atoms with van der Waals surface area (Å²) in [6.07, 6.45) is 0.852. The van der Waals surface area contributed by atoms with Crippen LogP contribution in [0.25, 0.3) is 0 Å². The first-order valence-corrected chi connectivity index (χ1v) is 21.9. The summed E-state index contributed by atoms with van der Waals surface area (Å²) < 4.78 is 28.4. The number of benzene rings is 4. The Balaban J connectivity index is 1.39. The molecule has 372 valence electrons. The zero-order valence-electron chi connectivity index (χ0n) is 37.9. The van der Waals surface area contributed by atoms with E-state index in [9.17, 15) is 87.3 Å². The molecule has 0 aromatic heterocycles. The van der Waals surface area contributed by atoms with Crippen LogP contribution >= 0.6 is 0 Å². The smallest absolute Gasteiger partial charge is 0.423 e. The monoisotopic (exact) mass is 985 g/mol. The Labute approximate surface area is 405 Å². The molecule has 5 amide bonds. The van der Waals surface area contributed by atoms with Crippen LogP contribution in [0.3, 0.4) is 0 Å². The maximum absolute atomic E-state index is 14.2. The highest BCUT2D eigenvalue weighted by molar-refractivity contribution is 6.60. The van der Waals surface area contributed by atoms with Gasteiger partial charge < -0.3 is 71.6 Å². The quantitative estimate of drug-likeness (QED) is 0.0121. The summed E-state index contributed by atoms with van der Waals surface area (Å²) in [4.78, 5) is 103. The fourth-order valence-corrected chi connectivity index (χ4v) is 7.06. The van der Waals surface area contributed by atoms with E-state index in [0.717, 1.165) is 79.7 Å². The number of hydrogen-bond donors (Lipinski definition) is 13. The third kappa shape index (κ3) is 17.1. The molecule has 0 radical (unpaired) electrons. The molecule has 4 aromatic rings. The molecule has 0 aliphatic heterocycles. The molecule has 0 spiro atoms. The topological polar surface area (TPSA) is 359 Å². The zero-order chi connectivity index (χ0) is 52.5. The first-order chi connectivity index (χ1) is 33.6. The number of unbranched alkanes of at least 4 members (excludes halogenated alkanes) is 1. The summed E-state index contributed by atoms with van der Waals surface area (Å²) in [5.74, 6) is -7.37. The molecule has 71 heavy (non-hydrogen) atoms. The van der Waals surface area contributed by atoms with Gasteiger partial charge in [0.25, 0.3) is 11.8 Å². The van der Waals surface area contributed by atoms with Crippen LogP contribution in [0, 0.1) is 11.6 Å². The number of aldehydes is 1. The summed E-state index contributed by atoms with van der Waals surface area (Å²) in [6, 6.07) is 9.29. The maximum atomic E-state index is 14.2. The fourth-order valence-electron chi connectivity index (χ4n) is 7.06. The maximum Gasteiger partial charge on any atom is 0.488 e. The number of nitrogens with one attached hydrogen (secondary N) is 5. The minimum absolute atomic E-state index is 0.0176. The molecule has 2 atom stereocenters. The SMILES string of the molecule is CC(=O)NC(CCCNC(=O)c1cc(B(O)O)cc(C(=O)c2cc(F)cc(B(O)O)c2)c1)C(=O)NC(CCCCNC(=O)c1cc(B(O)O)cc(C(=O)c2cc(F)cc(B(O)O)c2)c1)C(=O)NCCC=O. The van der Waals surface area contributed by atoms with E-state index in [1.165, 1.54) is 0 Å². The molecule has 13 N–H and O–H groups in total. The number of carbonyl (C=O) groups is 8. The van der Waals surface area contributed by atoms with E-state index in [2.05, 4.69) is 26.6 Å². The Morgan fingerprint density at radius 2 is 0.859 bits per heavy atom. The second-order valence-corrected chi connectivity index (χ2v) is 16.1. The van der Waals surface area contributed by atoms with E-state index in [0.29, 0.717) is 6.29 Å². The van der Waals surface area contributed by atoms with Crippen molar-refractivity contribution in [2.45, 2.75) is 57.5 Å². The van der Waals surface area contributed by atoms with Crippen molar-refractivity contribution in [3.63, 3.8) is 0 Å². The summed E-state index contributed by atoms with van der Waals surface area (Å²) in [6.45, 7) is 0.912. The van der Waals surface area contributed by atoms with Gasteiger partial charge in [0.15, 0.2) is 11.6 Å². The lowest BCUT2D eigenvalue weighted by Gasteiger charge is -2.23. The summed E-state index contributed by atoms with van der Waals surface area (Å²) in [5.41, 5.74) is -2.80. The molecule has 0 saturated carbocycles. The summed E-state index contributed by atoms with van der Waals surface area (Å²) >= 11 is 0. The standard InChI is InChI=1S/C44H49B4F2N5O16/c1-24(57)54-38(7-4-9-52-42(61)30-13-26(15-32(19-30)46(66)67)40(59)28-17-34(48(70)71)23-36(50)21-28)44(63)55-37(43(62)53-10-5-11-56)6-2-3-8-51-41(60)29-12-25(14-31(18-29)45(64)65)39(58)27-16-33(47(68)69)22-35(49)20-27/h11-23,37-38,64-71H,2-10H2,1H3,(H,51,60)(H,52,61)(H,53,62)(H,54,57)(H,55,63). The minimum atomic E-state index is -2.14. The summed E-state index contributed by atoms with van der Waals surface area (Å²) in [5, 5.41) is 90.1. The van der Waals surface area contributed by atoms with Gasteiger partial charge in [0.05, 0.1) is 0 Å². The average molecular weight is 985 g/mol. The van der Waals surface area contributed by atoms with Crippen molar-refractivity contribution in [1.29, 1.82) is 0 Å². The van der Waals surface area contributed by atoms with Gasteiger partial charge in [-0.2, -0.15) is 0 Å². The van der Waals surface area contributed by atoms with Crippen molar-refractivity contribution >= 4 is 97.7 Å². The van der Waals surface area contributed by atoms with Crippen LogP contribution in [0.15, 0.2) is 72.8 Å². The number of rotatable bonds is 26. The molecule has 0 aliphatic rings. The number of amides is 5. The van der Waals surface area contributed by atoms with Gasteiger partial charge in [0, 0.05) is 66.4 Å². The molecule has 0 fully saturated rings. The van der Waals surface area contributed by atoms with Crippen LogP contribution in [0.5, 0.6) is 0 Å². The number of carbonyl (C=O) groups excluding carboxylic acids is 8. The van der Waals surface area contributed by atoms with Gasteiger partial charge in [-0.1, -0.05) is 24.3 Å². The van der Waals surface area contributed by atoms with E-state index in [1.807, 2.05) is 0 Å². The third-order valence-corrected chi connectivity index (χ3v) is 10.6. The molecule has 0 heterocycles. The Bertz CT molecular complexity index is 2630. The predicted octanol–water partition coefficient (Wildman–Crippen LogP) is -5.05. The highest BCUT2D eigenvalue weighted by atomic mass is 19.1. The number of hydrogen-bond acceptors (Lipinski definition) is 16. The molecular formula is C44H49B4F2N5O16. The van der Waals surface area contributed by atoms with Crippen molar-refractivity contribution in [1.82, 2.24) is 26.6 Å². The molecule has 27 heteroatoms. The largest absolute Gasteiger partial charge is 0.488 e. The molecular weight excluding hydrogens is 936 g/mol. The first-order valence-electron chi connectivity index (χ1n) is 21.9. The van der Waals surface area contributed by atoms with Crippen molar-refractivity contribution in [3.05, 3.63) is 118 Å². The van der Waals surface area contributed by atoms with Crippen molar-refractivity contribution < 1.29 is 87.3 Å². The Morgan fingerprint density at radius 3 is 1.28 bits per heavy atom. The second-order valence-electron chi connectivity index (χ2n) is 16.1. The lowest BCUT2D eigenvalue weighted by molar-refractivity contribution is -0.132. The Morgan fingerprint density at radius 1 is 0.479 bits per heavy atom. The van der Waals surface area contributed by atoms with Crippen LogP contribution in [-0.4, -0.2) is 148 Å². The molecule has 21 nitrogen and oxygen atoms in total. The number of ketones is 2. The van der Waals surface area contributed by atoms with Crippen molar-refractivity contribution in [3.8, 4) is 0 Å². The Kier molecular flexibility index (Phi) is 21.4. The lowest BCUT2D eigenvalue weighted by Crippen LogP contribution is -2.53. The Hall–Kier alpha value is -6.96. The molecule has 0 bridgehead atoms. The molecule has 0 saturated heterocycles. The second kappa shape index (κ2) is 26.9. The van der Waals surface area contributed by atoms with Crippen LogP contribution in [-0.2, 0) is 19.2 Å². The van der Waals surface area contributed by atoms with E-state index in [4.69, 9.17) is 0 Å². The van der Waals surface area contributed by atoms with Crippen LogP contribution in [0.1, 0.15) is 98.0 Å². The van der Waals surface area contributed by atoms with Crippen LogP contribution < -0.4 is 48.4 Å². The first kappa shape index (κ1) is 56.6. The van der Waals surface area contributed by atoms with Crippen LogP contribution in [0.4, 0.5) is 8.78 Å². The molecule has 4 rings (SSSR count). The number of halogens is 2. The predicted molar refractivity (Wildman–Crippen MR) is 253 cm³/mol. The molecule has 4 aromatic carbocycles. The van der Waals surface area contributed by atoms with Gasteiger partial charge in [-0.25, -0.2) is 8.78 Å². The van der Waals surface area contributed by atoms with Gasteiger partial charge in [-0.3, -0.25) is 33.6 Å².